The SMILES string of the molecule is CC(C)(C)OC(=O)n1c2c(c3ccccc31)C=CC(=O)CC2(C)C. The number of hydrogen-bond donors (Lipinski definition) is 0. The summed E-state index contributed by atoms with van der Waals surface area (Å²) >= 11 is 0. The van der Waals surface area contributed by atoms with Gasteiger partial charge in [-0.1, -0.05) is 32.0 Å². The highest BCUT2D eigenvalue weighted by atomic mass is 16.6. The van der Waals surface area contributed by atoms with Crippen LogP contribution < -0.4 is 0 Å². The normalized spacial score (nSPS) is 16.8. The number of carbonyl (C=O) groups excluding carboxylic acids is 2. The number of allylic oxidation sites excluding steroid dienone is 1. The van der Waals surface area contributed by atoms with Crippen LogP contribution in [0.5, 0.6) is 0 Å². The third-order valence-electron chi connectivity index (χ3n) is 4.18. The maximum Gasteiger partial charge on any atom is 0.419 e. The highest BCUT2D eigenvalue weighted by molar-refractivity contribution is 6.03. The fourth-order valence-electron chi connectivity index (χ4n) is 3.35. The van der Waals surface area contributed by atoms with E-state index in [1.165, 1.54) is 0 Å². The molecule has 0 N–H and O–H groups in total. The number of para-hydroxylation sites is 1. The standard InChI is InChI=1S/C20H23NO3/c1-19(2,3)24-18(23)21-16-9-7-6-8-14(16)15-11-10-13(22)12-20(4,5)17(15)21/h6-11H,12H2,1-5H3. The molecule has 126 valence electrons. The van der Waals surface area contributed by atoms with E-state index in [0.717, 1.165) is 22.2 Å². The second-order valence-electron chi connectivity index (χ2n) is 7.96. The molecule has 1 aliphatic carbocycles. The number of ketones is 1. The zero-order valence-corrected chi connectivity index (χ0v) is 14.8. The number of carbonyl (C=O) groups is 2. The Morgan fingerprint density at radius 1 is 1.17 bits per heavy atom. The van der Waals surface area contributed by atoms with Crippen molar-refractivity contribution < 1.29 is 14.3 Å². The van der Waals surface area contributed by atoms with Crippen LogP contribution in [0, 0.1) is 0 Å². The van der Waals surface area contributed by atoms with Crippen LogP contribution in [-0.2, 0) is 14.9 Å². The molecule has 2 aromatic rings. The summed E-state index contributed by atoms with van der Waals surface area (Å²) in [6.07, 6.45) is 3.39. The summed E-state index contributed by atoms with van der Waals surface area (Å²) in [6.45, 7) is 9.55. The Kier molecular flexibility index (Phi) is 3.67. The average molecular weight is 325 g/mol. The predicted molar refractivity (Wildman–Crippen MR) is 95.3 cm³/mol. The number of ether oxygens (including phenoxy) is 1. The molecule has 0 radical (unpaired) electrons. The molecule has 1 aromatic carbocycles. The summed E-state index contributed by atoms with van der Waals surface area (Å²) in [7, 11) is 0. The van der Waals surface area contributed by atoms with Crippen LogP contribution in [0.2, 0.25) is 0 Å². The maximum atomic E-state index is 12.9. The molecule has 4 heteroatoms. The van der Waals surface area contributed by atoms with Gasteiger partial charge in [-0.05, 0) is 39.0 Å². The molecule has 0 atom stereocenters. The Labute approximate surface area is 142 Å². The Morgan fingerprint density at radius 3 is 2.50 bits per heavy atom. The molecule has 1 heterocycles. The van der Waals surface area contributed by atoms with E-state index in [-0.39, 0.29) is 5.78 Å². The van der Waals surface area contributed by atoms with Gasteiger partial charge in [0, 0.05) is 28.5 Å². The first-order chi connectivity index (χ1) is 11.1. The van der Waals surface area contributed by atoms with E-state index in [2.05, 4.69) is 0 Å². The van der Waals surface area contributed by atoms with Gasteiger partial charge < -0.3 is 4.74 Å². The van der Waals surface area contributed by atoms with Crippen LogP contribution >= 0.6 is 0 Å². The molecule has 0 fully saturated rings. The van der Waals surface area contributed by atoms with Gasteiger partial charge in [0.25, 0.3) is 0 Å². The number of aromatic nitrogens is 1. The van der Waals surface area contributed by atoms with E-state index < -0.39 is 17.1 Å². The first-order valence-electron chi connectivity index (χ1n) is 8.18. The predicted octanol–water partition coefficient (Wildman–Crippen LogP) is 4.69. The first kappa shape index (κ1) is 16.5. The van der Waals surface area contributed by atoms with Crippen molar-refractivity contribution in [3.63, 3.8) is 0 Å². The summed E-state index contributed by atoms with van der Waals surface area (Å²) in [4.78, 5) is 25.0. The first-order valence-corrected chi connectivity index (χ1v) is 8.18. The van der Waals surface area contributed by atoms with Gasteiger partial charge >= 0.3 is 6.09 Å². The number of fused-ring (bicyclic) bond motifs is 3. The van der Waals surface area contributed by atoms with Crippen LogP contribution in [-0.4, -0.2) is 22.0 Å². The van der Waals surface area contributed by atoms with E-state index in [9.17, 15) is 9.59 Å². The van der Waals surface area contributed by atoms with Crippen LogP contribution in [0.1, 0.15) is 52.3 Å². The van der Waals surface area contributed by atoms with Gasteiger partial charge in [0.15, 0.2) is 5.78 Å². The summed E-state index contributed by atoms with van der Waals surface area (Å²) < 4.78 is 7.27. The molecule has 1 aliphatic rings. The molecule has 0 bridgehead atoms. The minimum absolute atomic E-state index is 0.0658. The summed E-state index contributed by atoms with van der Waals surface area (Å²) in [5.74, 6) is 0.0658. The highest BCUT2D eigenvalue weighted by Crippen LogP contribution is 2.39. The minimum Gasteiger partial charge on any atom is -0.443 e. The van der Waals surface area contributed by atoms with Crippen molar-refractivity contribution in [1.29, 1.82) is 0 Å². The molecule has 3 rings (SSSR count). The van der Waals surface area contributed by atoms with Gasteiger partial charge in [-0.15, -0.1) is 0 Å². The van der Waals surface area contributed by atoms with Crippen LogP contribution in [0.4, 0.5) is 4.79 Å². The van der Waals surface area contributed by atoms with Gasteiger partial charge in [-0.2, -0.15) is 0 Å². The third kappa shape index (κ3) is 2.77. The Hall–Kier alpha value is -2.36. The minimum atomic E-state index is -0.587. The fraction of sp³-hybridized carbons (Fsp3) is 0.400. The molecule has 0 saturated carbocycles. The highest BCUT2D eigenvalue weighted by Gasteiger charge is 2.36. The fourth-order valence-corrected chi connectivity index (χ4v) is 3.35. The third-order valence-corrected chi connectivity index (χ3v) is 4.18. The second-order valence-corrected chi connectivity index (χ2v) is 7.96. The molecule has 4 nitrogen and oxygen atoms in total. The van der Waals surface area contributed by atoms with E-state index >= 15 is 0 Å². The monoisotopic (exact) mass is 325 g/mol. The molecular weight excluding hydrogens is 302 g/mol. The number of hydrogen-bond acceptors (Lipinski definition) is 3. The van der Waals surface area contributed by atoms with Gasteiger partial charge in [-0.3, -0.25) is 4.79 Å². The van der Waals surface area contributed by atoms with Gasteiger partial charge in [0.05, 0.1) is 5.52 Å². The Morgan fingerprint density at radius 2 is 1.83 bits per heavy atom. The van der Waals surface area contributed by atoms with Crippen molar-refractivity contribution in [1.82, 2.24) is 4.57 Å². The summed E-state index contributed by atoms with van der Waals surface area (Å²) in [5, 5.41) is 0.956. The molecular formula is C20H23NO3. The lowest BCUT2D eigenvalue weighted by Crippen LogP contribution is -2.32. The van der Waals surface area contributed by atoms with Crippen LogP contribution in [0.3, 0.4) is 0 Å². The quantitative estimate of drug-likeness (QED) is 0.706. The van der Waals surface area contributed by atoms with Gasteiger partial charge in [0.1, 0.15) is 5.60 Å². The number of benzene rings is 1. The molecule has 0 amide bonds. The lowest BCUT2D eigenvalue weighted by molar-refractivity contribution is -0.115. The lowest BCUT2D eigenvalue weighted by atomic mass is 9.83. The molecule has 24 heavy (non-hydrogen) atoms. The number of nitrogens with zero attached hydrogens (tertiary/aromatic N) is 1. The molecule has 0 spiro atoms. The average Bonchev–Trinajstić information content (AvgIpc) is 2.72. The number of rotatable bonds is 0. The van der Waals surface area contributed by atoms with Crippen molar-refractivity contribution in [3.8, 4) is 0 Å². The van der Waals surface area contributed by atoms with Crippen molar-refractivity contribution in [3.05, 3.63) is 41.6 Å². The smallest absolute Gasteiger partial charge is 0.419 e. The van der Waals surface area contributed by atoms with Crippen LogP contribution in [0.15, 0.2) is 30.3 Å². The van der Waals surface area contributed by atoms with E-state index in [1.807, 2.05) is 65.0 Å². The summed E-state index contributed by atoms with van der Waals surface area (Å²) in [5.41, 5.74) is 1.51. The zero-order chi connectivity index (χ0) is 17.7. The molecule has 1 aromatic heterocycles. The van der Waals surface area contributed by atoms with Crippen LogP contribution in [0.25, 0.3) is 17.0 Å². The lowest BCUT2D eigenvalue weighted by Gasteiger charge is -2.27. The van der Waals surface area contributed by atoms with E-state index in [0.29, 0.717) is 6.42 Å². The van der Waals surface area contributed by atoms with Crippen molar-refractivity contribution in [2.45, 2.75) is 52.1 Å². The van der Waals surface area contributed by atoms with Gasteiger partial charge in [-0.25, -0.2) is 9.36 Å². The summed E-state index contributed by atoms with van der Waals surface area (Å²) in [6, 6.07) is 7.74. The molecule has 0 unspecified atom stereocenters. The Bertz CT molecular complexity index is 863. The van der Waals surface area contributed by atoms with Crippen molar-refractivity contribution in [2.75, 3.05) is 0 Å². The topological polar surface area (TPSA) is 48.3 Å². The van der Waals surface area contributed by atoms with E-state index in [1.54, 1.807) is 10.6 Å². The van der Waals surface area contributed by atoms with Crippen molar-refractivity contribution >= 4 is 28.9 Å². The van der Waals surface area contributed by atoms with Crippen molar-refractivity contribution in [2.24, 2.45) is 0 Å². The van der Waals surface area contributed by atoms with Gasteiger partial charge in [0.2, 0.25) is 0 Å². The maximum absolute atomic E-state index is 12.9. The molecule has 0 aliphatic heterocycles. The Balaban J connectivity index is 2.33. The zero-order valence-electron chi connectivity index (χ0n) is 14.8. The van der Waals surface area contributed by atoms with E-state index in [4.69, 9.17) is 4.74 Å². The largest absolute Gasteiger partial charge is 0.443 e. The second kappa shape index (κ2) is 5.33. The molecule has 0 saturated heterocycles.